The van der Waals surface area contributed by atoms with E-state index in [2.05, 4.69) is 15.1 Å². The molecule has 0 unspecified atom stereocenters. The van der Waals surface area contributed by atoms with Crippen LogP contribution in [-0.2, 0) is 17.8 Å². The number of morpholine rings is 1. The maximum absolute atomic E-state index is 5.77. The number of thiocarbonyl (C=S) groups is 1. The smallest absolute Gasteiger partial charge is 0.169 e. The van der Waals surface area contributed by atoms with Crippen molar-refractivity contribution in [3.8, 4) is 5.75 Å². The molecule has 28 heavy (non-hydrogen) atoms. The third-order valence-electron chi connectivity index (χ3n) is 4.82. The molecule has 6 nitrogen and oxygen atoms in total. The fourth-order valence-electron chi connectivity index (χ4n) is 3.13. The number of aryl methyl sites for hydroxylation is 1. The Morgan fingerprint density at radius 1 is 1.18 bits per heavy atom. The quantitative estimate of drug-likeness (QED) is 0.680. The van der Waals surface area contributed by atoms with Gasteiger partial charge in [-0.1, -0.05) is 12.1 Å². The fraction of sp³-hybridized carbons (Fsp3) is 0.476. The minimum Gasteiger partial charge on any atom is -0.497 e. The molecule has 1 N–H and O–H groups in total. The van der Waals surface area contributed by atoms with Crippen molar-refractivity contribution in [3.63, 3.8) is 0 Å². The van der Waals surface area contributed by atoms with E-state index in [0.717, 1.165) is 67.3 Å². The summed E-state index contributed by atoms with van der Waals surface area (Å²) in [5.41, 5.74) is 1.16. The van der Waals surface area contributed by atoms with E-state index in [1.807, 2.05) is 43.3 Å². The molecule has 7 heteroatoms. The molecular weight excluding hydrogens is 374 g/mol. The molecule has 0 bridgehead atoms. The SMILES string of the molecule is COc1ccc(CNC(=S)N(CCN2CCOCC2)Cc2ccc(C)o2)cc1. The molecule has 3 rings (SSSR count). The number of rotatable bonds is 8. The van der Waals surface area contributed by atoms with E-state index >= 15 is 0 Å². The summed E-state index contributed by atoms with van der Waals surface area (Å²) in [4.78, 5) is 4.59. The first-order chi connectivity index (χ1) is 13.6. The van der Waals surface area contributed by atoms with Gasteiger partial charge in [0.1, 0.15) is 17.3 Å². The van der Waals surface area contributed by atoms with Gasteiger partial charge in [-0.2, -0.15) is 0 Å². The summed E-state index contributed by atoms with van der Waals surface area (Å²) in [6.45, 7) is 8.64. The summed E-state index contributed by atoms with van der Waals surface area (Å²) < 4.78 is 16.4. The number of nitrogens with one attached hydrogen (secondary N) is 1. The van der Waals surface area contributed by atoms with Crippen molar-refractivity contribution in [2.75, 3.05) is 46.5 Å². The molecule has 0 radical (unpaired) electrons. The zero-order valence-electron chi connectivity index (χ0n) is 16.6. The topological polar surface area (TPSA) is 50.1 Å². The van der Waals surface area contributed by atoms with E-state index in [-0.39, 0.29) is 0 Å². The monoisotopic (exact) mass is 403 g/mol. The van der Waals surface area contributed by atoms with Gasteiger partial charge in [0.25, 0.3) is 0 Å². The molecule has 1 fully saturated rings. The molecule has 152 valence electrons. The molecule has 1 saturated heterocycles. The molecule has 1 aliphatic heterocycles. The fourth-order valence-corrected chi connectivity index (χ4v) is 3.36. The Hall–Kier alpha value is -2.09. The number of benzene rings is 1. The van der Waals surface area contributed by atoms with Crippen LogP contribution in [0.3, 0.4) is 0 Å². The van der Waals surface area contributed by atoms with Gasteiger partial charge in [0.15, 0.2) is 5.11 Å². The van der Waals surface area contributed by atoms with Gasteiger partial charge in [-0.15, -0.1) is 0 Å². The van der Waals surface area contributed by atoms with Crippen molar-refractivity contribution in [1.82, 2.24) is 15.1 Å². The summed E-state index contributed by atoms with van der Waals surface area (Å²) in [7, 11) is 1.67. The maximum Gasteiger partial charge on any atom is 0.169 e. The van der Waals surface area contributed by atoms with E-state index in [1.165, 1.54) is 0 Å². The van der Waals surface area contributed by atoms with Crippen molar-refractivity contribution in [2.24, 2.45) is 0 Å². The largest absolute Gasteiger partial charge is 0.497 e. The predicted molar refractivity (Wildman–Crippen MR) is 114 cm³/mol. The van der Waals surface area contributed by atoms with E-state index in [0.29, 0.717) is 13.1 Å². The van der Waals surface area contributed by atoms with Gasteiger partial charge in [0.2, 0.25) is 0 Å². The van der Waals surface area contributed by atoms with Crippen molar-refractivity contribution in [3.05, 3.63) is 53.5 Å². The predicted octanol–water partition coefficient (Wildman–Crippen LogP) is 2.81. The van der Waals surface area contributed by atoms with Crippen LogP contribution in [0.2, 0.25) is 0 Å². The van der Waals surface area contributed by atoms with Gasteiger partial charge in [-0.05, 0) is 49.0 Å². The number of nitrogens with zero attached hydrogens (tertiary/aromatic N) is 2. The minimum absolute atomic E-state index is 0.659. The molecule has 0 aliphatic carbocycles. The van der Waals surface area contributed by atoms with Gasteiger partial charge in [0.05, 0.1) is 26.9 Å². The maximum atomic E-state index is 5.77. The van der Waals surface area contributed by atoms with Crippen molar-refractivity contribution < 1.29 is 13.9 Å². The third-order valence-corrected chi connectivity index (χ3v) is 5.23. The highest BCUT2D eigenvalue weighted by molar-refractivity contribution is 7.80. The Morgan fingerprint density at radius 2 is 1.93 bits per heavy atom. The molecule has 0 saturated carbocycles. The Morgan fingerprint density at radius 3 is 2.57 bits per heavy atom. The van der Waals surface area contributed by atoms with Gasteiger partial charge < -0.3 is 24.1 Å². The highest BCUT2D eigenvalue weighted by atomic mass is 32.1. The molecule has 0 atom stereocenters. The first-order valence-corrected chi connectivity index (χ1v) is 10.1. The minimum atomic E-state index is 0.659. The normalized spacial score (nSPS) is 14.6. The number of methoxy groups -OCH3 is 1. The van der Waals surface area contributed by atoms with Crippen LogP contribution in [-0.4, -0.2) is 61.4 Å². The Kier molecular flexibility index (Phi) is 7.71. The van der Waals surface area contributed by atoms with Crippen LogP contribution in [0, 0.1) is 6.92 Å². The first-order valence-electron chi connectivity index (χ1n) is 9.65. The summed E-state index contributed by atoms with van der Waals surface area (Å²) in [6, 6.07) is 12.0. The molecule has 0 spiro atoms. The average Bonchev–Trinajstić information content (AvgIpc) is 3.15. The Bertz CT molecular complexity index is 742. The van der Waals surface area contributed by atoms with Crippen LogP contribution in [0.25, 0.3) is 0 Å². The second kappa shape index (κ2) is 10.5. The van der Waals surface area contributed by atoms with E-state index in [1.54, 1.807) is 7.11 Å². The first kappa shape index (κ1) is 20.6. The average molecular weight is 404 g/mol. The Balaban J connectivity index is 1.57. The molecule has 0 amide bonds. The second-order valence-electron chi connectivity index (χ2n) is 6.89. The van der Waals surface area contributed by atoms with Crippen LogP contribution in [0.4, 0.5) is 0 Å². The van der Waals surface area contributed by atoms with E-state index < -0.39 is 0 Å². The van der Waals surface area contributed by atoms with Gasteiger partial charge in [-0.3, -0.25) is 4.90 Å². The number of hydrogen-bond acceptors (Lipinski definition) is 5. The van der Waals surface area contributed by atoms with E-state index in [4.69, 9.17) is 26.1 Å². The zero-order chi connectivity index (χ0) is 19.8. The van der Waals surface area contributed by atoms with Crippen LogP contribution < -0.4 is 10.1 Å². The summed E-state index contributed by atoms with van der Waals surface area (Å²) in [6.07, 6.45) is 0. The highest BCUT2D eigenvalue weighted by Crippen LogP contribution is 2.13. The number of hydrogen-bond donors (Lipinski definition) is 1. The van der Waals surface area contributed by atoms with Crippen molar-refractivity contribution in [2.45, 2.75) is 20.0 Å². The lowest BCUT2D eigenvalue weighted by Crippen LogP contribution is -2.45. The second-order valence-corrected chi connectivity index (χ2v) is 7.28. The third kappa shape index (κ3) is 6.22. The summed E-state index contributed by atoms with van der Waals surface area (Å²) >= 11 is 5.70. The van der Waals surface area contributed by atoms with E-state index in [9.17, 15) is 0 Å². The van der Waals surface area contributed by atoms with Crippen molar-refractivity contribution >= 4 is 17.3 Å². The molecule has 2 heterocycles. The molecule has 1 aromatic carbocycles. The van der Waals surface area contributed by atoms with Crippen LogP contribution in [0.15, 0.2) is 40.8 Å². The highest BCUT2D eigenvalue weighted by Gasteiger charge is 2.16. The molecular formula is C21H29N3O3S. The summed E-state index contributed by atoms with van der Waals surface area (Å²) in [5, 5.41) is 4.12. The zero-order valence-corrected chi connectivity index (χ0v) is 17.5. The van der Waals surface area contributed by atoms with Gasteiger partial charge in [-0.25, -0.2) is 0 Å². The van der Waals surface area contributed by atoms with Gasteiger partial charge in [0, 0.05) is 32.7 Å². The summed E-state index contributed by atoms with van der Waals surface area (Å²) in [5.74, 6) is 2.69. The lowest BCUT2D eigenvalue weighted by Gasteiger charge is -2.31. The lowest BCUT2D eigenvalue weighted by molar-refractivity contribution is 0.0355. The molecule has 1 aliphatic rings. The van der Waals surface area contributed by atoms with Crippen LogP contribution in [0.1, 0.15) is 17.1 Å². The standard InChI is InChI=1S/C21H29N3O3S/c1-17-3-6-20(27-17)16-24(10-9-23-11-13-26-14-12-23)21(28)22-15-18-4-7-19(25-2)8-5-18/h3-8H,9-16H2,1-2H3,(H,22,28). The van der Waals surface area contributed by atoms with Crippen LogP contribution >= 0.6 is 12.2 Å². The molecule has 1 aromatic heterocycles. The molecule has 2 aromatic rings. The number of furan rings is 1. The van der Waals surface area contributed by atoms with Crippen molar-refractivity contribution in [1.29, 1.82) is 0 Å². The van der Waals surface area contributed by atoms with Gasteiger partial charge >= 0.3 is 0 Å². The lowest BCUT2D eigenvalue weighted by atomic mass is 10.2. The number of ether oxygens (including phenoxy) is 2. The van der Waals surface area contributed by atoms with Crippen LogP contribution in [0.5, 0.6) is 5.75 Å². The Labute approximate surface area is 172 Å².